The van der Waals surface area contributed by atoms with Gasteiger partial charge in [0.25, 0.3) is 12.3 Å². The number of alkyl halides is 2. The molecule has 0 bridgehead atoms. The second-order valence-corrected chi connectivity index (χ2v) is 8.49. The molecule has 0 aliphatic carbocycles. The third-order valence-electron chi connectivity index (χ3n) is 5.96. The highest BCUT2D eigenvalue weighted by atomic mass is 19.3. The van der Waals surface area contributed by atoms with E-state index in [4.69, 9.17) is 0 Å². The maximum atomic E-state index is 12.8. The van der Waals surface area contributed by atoms with E-state index in [2.05, 4.69) is 56.3 Å². The standard InChI is InChI=1S/C24H29F2N5O/c1-16-4-3-5-19(14-16)31-12-10-30(11-13-31)9-8-17(2)27-24(32)18-6-7-20-21(15-18)29-23(28-20)22(25)26/h3-7,14-15,17,22H,8-13H2,1-2H3,(H,27,32)(H,28,29). The molecule has 2 aromatic carbocycles. The number of benzene rings is 2. The van der Waals surface area contributed by atoms with Crippen molar-refractivity contribution >= 4 is 22.6 Å². The van der Waals surface area contributed by atoms with E-state index in [0.29, 0.717) is 16.6 Å². The molecule has 3 aromatic rings. The topological polar surface area (TPSA) is 64.3 Å². The van der Waals surface area contributed by atoms with Crippen molar-refractivity contribution in [1.82, 2.24) is 20.2 Å². The molecule has 1 fully saturated rings. The number of aromatic nitrogens is 2. The number of H-pyrrole nitrogens is 1. The van der Waals surface area contributed by atoms with Crippen LogP contribution in [0.5, 0.6) is 0 Å². The first-order valence-electron chi connectivity index (χ1n) is 11.0. The summed E-state index contributed by atoms with van der Waals surface area (Å²) in [6, 6.07) is 13.4. The number of rotatable bonds is 7. The van der Waals surface area contributed by atoms with Crippen LogP contribution in [0.15, 0.2) is 42.5 Å². The van der Waals surface area contributed by atoms with Gasteiger partial charge in [-0.2, -0.15) is 0 Å². The molecule has 1 aliphatic heterocycles. The van der Waals surface area contributed by atoms with Gasteiger partial charge in [0.15, 0.2) is 5.82 Å². The fourth-order valence-electron chi connectivity index (χ4n) is 4.08. The smallest absolute Gasteiger partial charge is 0.295 e. The number of halogens is 2. The summed E-state index contributed by atoms with van der Waals surface area (Å²) in [5.41, 5.74) is 3.85. The van der Waals surface area contributed by atoms with Crippen molar-refractivity contribution in [3.63, 3.8) is 0 Å². The van der Waals surface area contributed by atoms with Crippen LogP contribution in [0.1, 0.15) is 41.5 Å². The number of carbonyl (C=O) groups is 1. The first-order valence-corrected chi connectivity index (χ1v) is 11.0. The molecule has 8 heteroatoms. The third kappa shape index (κ3) is 5.24. The Kier molecular flexibility index (Phi) is 6.69. The van der Waals surface area contributed by atoms with Crippen molar-refractivity contribution in [3.8, 4) is 0 Å². The van der Waals surface area contributed by atoms with E-state index in [1.165, 1.54) is 11.3 Å². The summed E-state index contributed by atoms with van der Waals surface area (Å²) >= 11 is 0. The maximum absolute atomic E-state index is 12.8. The summed E-state index contributed by atoms with van der Waals surface area (Å²) in [6.07, 6.45) is -1.82. The minimum atomic E-state index is -2.67. The number of hydrogen-bond acceptors (Lipinski definition) is 4. The summed E-state index contributed by atoms with van der Waals surface area (Å²) < 4.78 is 25.6. The molecule has 32 heavy (non-hydrogen) atoms. The highest BCUT2D eigenvalue weighted by molar-refractivity contribution is 5.97. The van der Waals surface area contributed by atoms with Gasteiger partial charge in [0, 0.05) is 50.0 Å². The van der Waals surface area contributed by atoms with Gasteiger partial charge in [-0.15, -0.1) is 0 Å². The van der Waals surface area contributed by atoms with Crippen LogP contribution >= 0.6 is 0 Å². The number of aryl methyl sites for hydroxylation is 1. The van der Waals surface area contributed by atoms with Crippen LogP contribution in [0.4, 0.5) is 14.5 Å². The average Bonchev–Trinajstić information content (AvgIpc) is 3.22. The second-order valence-electron chi connectivity index (χ2n) is 8.49. The molecule has 1 aromatic heterocycles. The largest absolute Gasteiger partial charge is 0.369 e. The zero-order valence-corrected chi connectivity index (χ0v) is 18.4. The van der Waals surface area contributed by atoms with Gasteiger partial charge in [0.2, 0.25) is 0 Å². The van der Waals surface area contributed by atoms with Gasteiger partial charge in [-0.05, 0) is 56.2 Å². The summed E-state index contributed by atoms with van der Waals surface area (Å²) in [6.45, 7) is 9.01. The van der Waals surface area contributed by atoms with Gasteiger partial charge in [0.05, 0.1) is 11.0 Å². The number of piperazine rings is 1. The molecule has 0 spiro atoms. The Morgan fingerprint density at radius 2 is 1.94 bits per heavy atom. The highest BCUT2D eigenvalue weighted by Crippen LogP contribution is 2.21. The fraction of sp³-hybridized carbons (Fsp3) is 0.417. The van der Waals surface area contributed by atoms with E-state index < -0.39 is 6.43 Å². The number of carbonyl (C=O) groups excluding carboxylic acids is 1. The van der Waals surface area contributed by atoms with Gasteiger partial charge in [-0.1, -0.05) is 12.1 Å². The van der Waals surface area contributed by atoms with Gasteiger partial charge >= 0.3 is 0 Å². The summed E-state index contributed by atoms with van der Waals surface area (Å²) in [4.78, 5) is 23.9. The van der Waals surface area contributed by atoms with Crippen molar-refractivity contribution < 1.29 is 13.6 Å². The van der Waals surface area contributed by atoms with Crippen LogP contribution in [0.3, 0.4) is 0 Å². The molecule has 2 heterocycles. The maximum Gasteiger partial charge on any atom is 0.295 e. The molecule has 2 N–H and O–H groups in total. The monoisotopic (exact) mass is 441 g/mol. The zero-order chi connectivity index (χ0) is 22.7. The Labute approximate surface area is 186 Å². The predicted octanol–water partition coefficient (Wildman–Crippen LogP) is 4.14. The molecule has 1 atom stereocenters. The molecule has 4 rings (SSSR count). The van der Waals surface area contributed by atoms with Crippen LogP contribution in [-0.2, 0) is 0 Å². The van der Waals surface area contributed by atoms with Crippen LogP contribution in [0.2, 0.25) is 0 Å². The Hall–Kier alpha value is -3.00. The van der Waals surface area contributed by atoms with E-state index in [9.17, 15) is 13.6 Å². The molecule has 1 saturated heterocycles. The number of aromatic amines is 1. The summed E-state index contributed by atoms with van der Waals surface area (Å²) in [5.74, 6) is -0.592. The molecule has 1 aliphatic rings. The molecular formula is C24H29F2N5O. The van der Waals surface area contributed by atoms with Gasteiger partial charge in [-0.3, -0.25) is 9.69 Å². The van der Waals surface area contributed by atoms with Crippen molar-refractivity contribution in [3.05, 3.63) is 59.4 Å². The molecule has 1 unspecified atom stereocenters. The normalized spacial score (nSPS) is 16.0. The van der Waals surface area contributed by atoms with Crippen molar-refractivity contribution in [2.24, 2.45) is 0 Å². The Bertz CT molecular complexity index is 1080. The Morgan fingerprint density at radius 1 is 1.16 bits per heavy atom. The van der Waals surface area contributed by atoms with E-state index >= 15 is 0 Å². The minimum Gasteiger partial charge on any atom is -0.369 e. The van der Waals surface area contributed by atoms with Gasteiger partial charge in [0.1, 0.15) is 0 Å². The lowest BCUT2D eigenvalue weighted by molar-refractivity contribution is 0.0935. The van der Waals surface area contributed by atoms with Crippen molar-refractivity contribution in [2.75, 3.05) is 37.6 Å². The van der Waals surface area contributed by atoms with E-state index in [1.54, 1.807) is 18.2 Å². The number of anilines is 1. The first kappa shape index (κ1) is 22.2. The van der Waals surface area contributed by atoms with E-state index in [1.807, 2.05) is 6.92 Å². The first-order chi connectivity index (χ1) is 15.4. The van der Waals surface area contributed by atoms with Crippen LogP contribution in [0, 0.1) is 6.92 Å². The molecular weight excluding hydrogens is 412 g/mol. The zero-order valence-electron chi connectivity index (χ0n) is 18.4. The molecule has 0 saturated carbocycles. The molecule has 170 valence electrons. The number of amides is 1. The fourth-order valence-corrected chi connectivity index (χ4v) is 4.08. The Balaban J connectivity index is 1.25. The lowest BCUT2D eigenvalue weighted by atomic mass is 10.1. The SMILES string of the molecule is Cc1cccc(N2CCN(CCC(C)NC(=O)c3ccc4nc(C(F)F)[nH]c4c3)CC2)c1. The second kappa shape index (κ2) is 9.65. The van der Waals surface area contributed by atoms with E-state index in [-0.39, 0.29) is 17.8 Å². The number of nitrogens with one attached hydrogen (secondary N) is 2. The van der Waals surface area contributed by atoms with Crippen molar-refractivity contribution in [2.45, 2.75) is 32.7 Å². The van der Waals surface area contributed by atoms with Crippen molar-refractivity contribution in [1.29, 1.82) is 0 Å². The van der Waals surface area contributed by atoms with Crippen LogP contribution in [0.25, 0.3) is 11.0 Å². The summed E-state index contributed by atoms with van der Waals surface area (Å²) in [5, 5.41) is 3.01. The highest BCUT2D eigenvalue weighted by Gasteiger charge is 2.19. The number of fused-ring (bicyclic) bond motifs is 1. The number of nitrogens with zero attached hydrogens (tertiary/aromatic N) is 3. The van der Waals surface area contributed by atoms with Gasteiger partial charge in [-0.25, -0.2) is 13.8 Å². The van der Waals surface area contributed by atoms with Crippen LogP contribution in [-0.4, -0.2) is 59.5 Å². The summed E-state index contributed by atoms with van der Waals surface area (Å²) in [7, 11) is 0. The van der Waals surface area contributed by atoms with Gasteiger partial charge < -0.3 is 15.2 Å². The number of hydrogen-bond donors (Lipinski definition) is 2. The lowest BCUT2D eigenvalue weighted by Crippen LogP contribution is -2.47. The average molecular weight is 442 g/mol. The molecule has 1 amide bonds. The third-order valence-corrected chi connectivity index (χ3v) is 5.96. The predicted molar refractivity (Wildman–Crippen MR) is 122 cm³/mol. The number of imidazole rings is 1. The Morgan fingerprint density at radius 3 is 2.66 bits per heavy atom. The van der Waals surface area contributed by atoms with E-state index in [0.717, 1.165) is 39.1 Å². The minimum absolute atomic E-state index is 0.00592. The lowest BCUT2D eigenvalue weighted by Gasteiger charge is -2.36. The molecule has 6 nitrogen and oxygen atoms in total. The molecule has 0 radical (unpaired) electrons. The quantitative estimate of drug-likeness (QED) is 0.579. The van der Waals surface area contributed by atoms with Crippen LogP contribution < -0.4 is 10.2 Å².